The molecule has 2 rings (SSSR count). The molecule has 4 N–H and O–H groups in total. The van der Waals surface area contributed by atoms with Crippen molar-refractivity contribution in [3.63, 3.8) is 0 Å². The Morgan fingerprint density at radius 2 is 1.89 bits per heavy atom. The van der Waals surface area contributed by atoms with Crippen molar-refractivity contribution in [3.8, 4) is 0 Å². The number of amides is 1. The van der Waals surface area contributed by atoms with Crippen LogP contribution < -0.4 is 15.8 Å². The van der Waals surface area contributed by atoms with Crippen molar-refractivity contribution in [2.45, 2.75) is 44.6 Å². The number of hydrogen-bond acceptors (Lipinski definition) is 6. The highest BCUT2D eigenvalue weighted by atomic mass is 32.2. The van der Waals surface area contributed by atoms with Gasteiger partial charge in [-0.15, -0.1) is 0 Å². The predicted molar refractivity (Wildman–Crippen MR) is 104 cm³/mol. The Morgan fingerprint density at radius 3 is 2.48 bits per heavy atom. The zero-order valence-corrected chi connectivity index (χ0v) is 16.5. The second kappa shape index (κ2) is 8.92. The van der Waals surface area contributed by atoms with Crippen LogP contribution in [0.3, 0.4) is 0 Å². The fourth-order valence-corrected chi connectivity index (χ4v) is 2.87. The molecule has 0 aliphatic heterocycles. The van der Waals surface area contributed by atoms with E-state index >= 15 is 0 Å². The third kappa shape index (κ3) is 6.30. The van der Waals surface area contributed by atoms with E-state index in [9.17, 15) is 13.2 Å². The van der Waals surface area contributed by atoms with Crippen LogP contribution in [0.4, 0.5) is 5.82 Å². The first-order valence-electron chi connectivity index (χ1n) is 8.71. The number of nitrogens with zero attached hydrogens (tertiary/aromatic N) is 2. The Morgan fingerprint density at radius 1 is 1.22 bits per heavy atom. The van der Waals surface area contributed by atoms with Gasteiger partial charge in [0.05, 0.1) is 4.90 Å². The highest BCUT2D eigenvalue weighted by molar-refractivity contribution is 7.89. The first-order valence-corrected chi connectivity index (χ1v) is 10.3. The minimum absolute atomic E-state index is 0.0736. The fourth-order valence-electron chi connectivity index (χ4n) is 2.36. The Balaban J connectivity index is 1.98. The smallest absolute Gasteiger partial charge is 0.270 e. The van der Waals surface area contributed by atoms with Gasteiger partial charge in [-0.3, -0.25) is 4.79 Å². The van der Waals surface area contributed by atoms with E-state index < -0.39 is 10.0 Å². The molecule has 0 radical (unpaired) electrons. The SMILES string of the molecule is CCC(C)NC(=O)c1cc(NCCc2ccc(S(N)(=O)=O)cc2)nc(C)n1. The monoisotopic (exact) mass is 391 g/mol. The molecule has 1 unspecified atom stereocenters. The highest BCUT2D eigenvalue weighted by Gasteiger charge is 2.12. The number of nitrogens with one attached hydrogen (secondary N) is 2. The first kappa shape index (κ1) is 20.8. The van der Waals surface area contributed by atoms with Crippen LogP contribution >= 0.6 is 0 Å². The third-order valence-electron chi connectivity index (χ3n) is 4.03. The van der Waals surface area contributed by atoms with Crippen LogP contribution in [0.25, 0.3) is 0 Å². The summed E-state index contributed by atoms with van der Waals surface area (Å²) >= 11 is 0. The average molecular weight is 391 g/mol. The third-order valence-corrected chi connectivity index (χ3v) is 4.96. The molecule has 0 aliphatic rings. The van der Waals surface area contributed by atoms with Crippen LogP contribution in [0.1, 0.15) is 42.1 Å². The van der Waals surface area contributed by atoms with Gasteiger partial charge in [-0.2, -0.15) is 0 Å². The number of hydrogen-bond donors (Lipinski definition) is 3. The van der Waals surface area contributed by atoms with Crippen molar-refractivity contribution < 1.29 is 13.2 Å². The highest BCUT2D eigenvalue weighted by Crippen LogP contribution is 2.11. The maximum Gasteiger partial charge on any atom is 0.270 e. The largest absolute Gasteiger partial charge is 0.370 e. The molecule has 0 spiro atoms. The Hall–Kier alpha value is -2.52. The van der Waals surface area contributed by atoms with Gasteiger partial charge in [-0.1, -0.05) is 19.1 Å². The van der Waals surface area contributed by atoms with Gasteiger partial charge < -0.3 is 10.6 Å². The van der Waals surface area contributed by atoms with E-state index in [-0.39, 0.29) is 16.8 Å². The van der Waals surface area contributed by atoms with Crippen LogP contribution in [-0.4, -0.2) is 36.9 Å². The predicted octanol–water partition coefficient (Wildman–Crippen LogP) is 1.62. The Bertz CT molecular complexity index is 898. The number of rotatable bonds is 8. The number of carbonyl (C=O) groups is 1. The van der Waals surface area contributed by atoms with Crippen LogP contribution in [-0.2, 0) is 16.4 Å². The van der Waals surface area contributed by atoms with E-state index in [0.29, 0.717) is 30.3 Å². The second-order valence-corrected chi connectivity index (χ2v) is 7.90. The molecule has 146 valence electrons. The summed E-state index contributed by atoms with van der Waals surface area (Å²) in [5.41, 5.74) is 1.28. The maximum atomic E-state index is 12.2. The van der Waals surface area contributed by atoms with Gasteiger partial charge in [-0.25, -0.2) is 23.5 Å². The molecule has 0 saturated heterocycles. The molecule has 0 fully saturated rings. The molecule has 1 heterocycles. The van der Waals surface area contributed by atoms with Crippen molar-refractivity contribution >= 4 is 21.7 Å². The van der Waals surface area contributed by atoms with Gasteiger partial charge in [0, 0.05) is 18.7 Å². The molecule has 9 heteroatoms. The molecule has 1 aromatic heterocycles. The molecule has 27 heavy (non-hydrogen) atoms. The van der Waals surface area contributed by atoms with Gasteiger partial charge in [0.15, 0.2) is 0 Å². The maximum absolute atomic E-state index is 12.2. The molecule has 8 nitrogen and oxygen atoms in total. The van der Waals surface area contributed by atoms with Crippen molar-refractivity contribution in [1.29, 1.82) is 0 Å². The molecule has 0 bridgehead atoms. The number of sulfonamides is 1. The molecule has 1 aromatic carbocycles. The summed E-state index contributed by atoms with van der Waals surface area (Å²) in [7, 11) is -3.68. The van der Waals surface area contributed by atoms with E-state index in [0.717, 1.165) is 12.0 Å². The van der Waals surface area contributed by atoms with E-state index in [1.165, 1.54) is 12.1 Å². The number of carbonyl (C=O) groups excluding carboxylic acids is 1. The summed E-state index contributed by atoms with van der Waals surface area (Å²) in [5, 5.41) is 11.1. The zero-order valence-electron chi connectivity index (χ0n) is 15.7. The average Bonchev–Trinajstić information content (AvgIpc) is 2.60. The molecule has 0 saturated carbocycles. The van der Waals surface area contributed by atoms with Crippen molar-refractivity contribution in [3.05, 3.63) is 47.4 Å². The number of aromatic nitrogens is 2. The van der Waals surface area contributed by atoms with E-state index in [2.05, 4.69) is 20.6 Å². The lowest BCUT2D eigenvalue weighted by Gasteiger charge is -2.12. The number of anilines is 1. The Labute approximate surface area is 159 Å². The number of aryl methyl sites for hydroxylation is 1. The summed E-state index contributed by atoms with van der Waals surface area (Å²) in [6.45, 7) is 6.24. The Kier molecular flexibility index (Phi) is 6.86. The van der Waals surface area contributed by atoms with Crippen molar-refractivity contribution in [2.24, 2.45) is 5.14 Å². The standard InChI is InChI=1S/C18H25N5O3S/c1-4-12(2)21-18(24)16-11-17(23-13(3)22-16)20-10-9-14-5-7-15(8-6-14)27(19,25)26/h5-8,11-12H,4,9-10H2,1-3H3,(H,21,24)(H2,19,25,26)(H,20,22,23). The summed E-state index contributed by atoms with van der Waals surface area (Å²) < 4.78 is 22.5. The minimum Gasteiger partial charge on any atom is -0.370 e. The summed E-state index contributed by atoms with van der Waals surface area (Å²) in [6.07, 6.45) is 1.49. The molecule has 0 aliphatic carbocycles. The summed E-state index contributed by atoms with van der Waals surface area (Å²) in [4.78, 5) is 20.8. The number of nitrogens with two attached hydrogens (primary N) is 1. The topological polar surface area (TPSA) is 127 Å². The minimum atomic E-state index is -3.68. The normalized spacial score (nSPS) is 12.4. The fraction of sp³-hybridized carbons (Fsp3) is 0.389. The van der Waals surface area contributed by atoms with Crippen LogP contribution in [0.15, 0.2) is 35.2 Å². The first-order chi connectivity index (χ1) is 12.7. The molecule has 2 aromatic rings. The van der Waals surface area contributed by atoms with Crippen LogP contribution in [0, 0.1) is 6.92 Å². The lowest BCUT2D eigenvalue weighted by Crippen LogP contribution is -2.32. The number of benzene rings is 1. The molecular formula is C18H25N5O3S. The lowest BCUT2D eigenvalue weighted by atomic mass is 10.1. The van der Waals surface area contributed by atoms with Gasteiger partial charge in [0.2, 0.25) is 10.0 Å². The van der Waals surface area contributed by atoms with E-state index in [1.807, 2.05) is 13.8 Å². The second-order valence-electron chi connectivity index (χ2n) is 6.33. The van der Waals surface area contributed by atoms with Crippen LogP contribution in [0.5, 0.6) is 0 Å². The molecule has 1 amide bonds. The summed E-state index contributed by atoms with van der Waals surface area (Å²) in [5.74, 6) is 0.848. The van der Waals surface area contributed by atoms with Gasteiger partial charge in [0.25, 0.3) is 5.91 Å². The quantitative estimate of drug-likeness (QED) is 0.627. The van der Waals surface area contributed by atoms with Gasteiger partial charge >= 0.3 is 0 Å². The van der Waals surface area contributed by atoms with Gasteiger partial charge in [0.1, 0.15) is 17.3 Å². The zero-order chi connectivity index (χ0) is 20.0. The van der Waals surface area contributed by atoms with Crippen molar-refractivity contribution in [2.75, 3.05) is 11.9 Å². The van der Waals surface area contributed by atoms with E-state index in [4.69, 9.17) is 5.14 Å². The lowest BCUT2D eigenvalue weighted by molar-refractivity contribution is 0.0934. The van der Waals surface area contributed by atoms with Gasteiger partial charge in [-0.05, 0) is 44.4 Å². The summed E-state index contributed by atoms with van der Waals surface area (Å²) in [6, 6.07) is 8.10. The molecular weight excluding hydrogens is 366 g/mol. The number of primary sulfonamides is 1. The molecule has 1 atom stereocenters. The van der Waals surface area contributed by atoms with E-state index in [1.54, 1.807) is 25.1 Å². The van der Waals surface area contributed by atoms with Crippen LogP contribution in [0.2, 0.25) is 0 Å². The van der Waals surface area contributed by atoms with Crippen molar-refractivity contribution in [1.82, 2.24) is 15.3 Å².